The minimum absolute atomic E-state index is 0.207. The predicted octanol–water partition coefficient (Wildman–Crippen LogP) is 4.20. The van der Waals surface area contributed by atoms with Gasteiger partial charge in [-0.25, -0.2) is 4.99 Å². The Labute approximate surface area is 143 Å². The van der Waals surface area contributed by atoms with Gasteiger partial charge in [-0.2, -0.15) is 0 Å². The van der Waals surface area contributed by atoms with Crippen molar-refractivity contribution >= 4 is 5.90 Å². The van der Waals surface area contributed by atoms with Crippen molar-refractivity contribution in [3.63, 3.8) is 0 Å². The molecule has 0 N–H and O–H groups in total. The summed E-state index contributed by atoms with van der Waals surface area (Å²) in [7, 11) is 3.26. The smallest absolute Gasteiger partial charge is 0.217 e. The van der Waals surface area contributed by atoms with Gasteiger partial charge in [0.2, 0.25) is 5.90 Å². The summed E-state index contributed by atoms with van der Waals surface area (Å²) in [4.78, 5) is 4.74. The third kappa shape index (κ3) is 3.35. The topological polar surface area (TPSA) is 40.0 Å². The van der Waals surface area contributed by atoms with Gasteiger partial charge >= 0.3 is 0 Å². The lowest BCUT2D eigenvalue weighted by atomic mass is 9.97. The van der Waals surface area contributed by atoms with Gasteiger partial charge in [0.25, 0.3) is 0 Å². The van der Waals surface area contributed by atoms with Gasteiger partial charge in [-0.3, -0.25) is 0 Å². The van der Waals surface area contributed by atoms with Crippen molar-refractivity contribution in [2.45, 2.75) is 25.7 Å². The number of benzene rings is 2. The first-order valence-corrected chi connectivity index (χ1v) is 8.02. The maximum Gasteiger partial charge on any atom is 0.217 e. The summed E-state index contributed by atoms with van der Waals surface area (Å²) in [6.45, 7) is 4.72. The number of aliphatic imine (C=N–C) groups is 1. The summed E-state index contributed by atoms with van der Waals surface area (Å²) >= 11 is 0. The Bertz CT molecular complexity index is 734. The molecule has 2 aromatic carbocycles. The molecule has 1 aliphatic rings. The summed E-state index contributed by atoms with van der Waals surface area (Å²) in [6.07, 6.45) is -0.413. The molecule has 1 aliphatic heterocycles. The second-order valence-corrected chi connectivity index (χ2v) is 6.49. The van der Waals surface area contributed by atoms with Gasteiger partial charge in [0.05, 0.1) is 5.54 Å². The number of hydrogen-bond acceptors (Lipinski definition) is 4. The molecule has 0 aromatic heterocycles. The maximum atomic E-state index is 5.89. The summed E-state index contributed by atoms with van der Waals surface area (Å²) in [5.74, 6) is 0.673. The number of ether oxygens (including phenoxy) is 3. The van der Waals surface area contributed by atoms with Crippen molar-refractivity contribution in [2.24, 2.45) is 4.99 Å². The van der Waals surface area contributed by atoms with Crippen LogP contribution in [0.1, 0.15) is 31.3 Å². The van der Waals surface area contributed by atoms with Crippen molar-refractivity contribution < 1.29 is 14.2 Å². The van der Waals surface area contributed by atoms with Gasteiger partial charge in [-0.15, -0.1) is 0 Å². The van der Waals surface area contributed by atoms with Crippen LogP contribution in [0, 0.1) is 0 Å². The Morgan fingerprint density at radius 3 is 2.29 bits per heavy atom. The van der Waals surface area contributed by atoms with E-state index in [2.05, 4.69) is 32.0 Å². The molecule has 0 spiro atoms. The molecule has 0 unspecified atom stereocenters. The maximum absolute atomic E-state index is 5.89. The molecule has 0 aliphatic carbocycles. The van der Waals surface area contributed by atoms with Gasteiger partial charge in [0.1, 0.15) is 6.61 Å². The normalized spacial score (nSPS) is 16.1. The highest BCUT2D eigenvalue weighted by Gasteiger charge is 2.29. The highest BCUT2D eigenvalue weighted by molar-refractivity contribution is 6.02. The molecular formula is C20H23NO3. The van der Waals surface area contributed by atoms with Crippen molar-refractivity contribution in [1.82, 2.24) is 0 Å². The highest BCUT2D eigenvalue weighted by atomic mass is 16.7. The minimum Gasteiger partial charge on any atom is -0.475 e. The van der Waals surface area contributed by atoms with Crippen molar-refractivity contribution in [1.29, 1.82) is 0 Å². The van der Waals surface area contributed by atoms with Crippen LogP contribution in [0.25, 0.3) is 11.1 Å². The van der Waals surface area contributed by atoms with Gasteiger partial charge in [0.15, 0.2) is 6.29 Å². The van der Waals surface area contributed by atoms with Crippen LogP contribution in [0.4, 0.5) is 0 Å². The molecule has 0 radical (unpaired) electrons. The molecule has 0 saturated heterocycles. The van der Waals surface area contributed by atoms with E-state index in [-0.39, 0.29) is 5.54 Å². The average Bonchev–Trinajstić information content (AvgIpc) is 2.96. The first kappa shape index (κ1) is 16.7. The van der Waals surface area contributed by atoms with Crippen molar-refractivity contribution in [3.8, 4) is 11.1 Å². The quantitative estimate of drug-likeness (QED) is 0.774. The van der Waals surface area contributed by atoms with Gasteiger partial charge in [-0.1, -0.05) is 42.5 Å². The Kier molecular flexibility index (Phi) is 4.69. The summed E-state index contributed by atoms with van der Waals surface area (Å²) in [6, 6.07) is 16.4. The molecule has 0 atom stereocenters. The van der Waals surface area contributed by atoms with Crippen molar-refractivity contribution in [3.05, 3.63) is 59.7 Å². The summed E-state index contributed by atoms with van der Waals surface area (Å²) < 4.78 is 16.7. The SMILES string of the molecule is COC(OC)c1ccc(-c2ccccc2)c(C2=NC(C)(C)CO2)c1. The molecule has 126 valence electrons. The van der Waals surface area contributed by atoms with E-state index in [0.717, 1.165) is 22.3 Å². The van der Waals surface area contributed by atoms with E-state index in [1.165, 1.54) is 0 Å². The fraction of sp³-hybridized carbons (Fsp3) is 0.350. The molecule has 0 amide bonds. The first-order chi connectivity index (χ1) is 11.5. The van der Waals surface area contributed by atoms with Gasteiger partial charge in [-0.05, 0) is 31.0 Å². The molecule has 0 bridgehead atoms. The lowest BCUT2D eigenvalue weighted by Crippen LogP contribution is -2.17. The molecule has 0 fully saturated rings. The van der Waals surface area contributed by atoms with Crippen molar-refractivity contribution in [2.75, 3.05) is 20.8 Å². The molecule has 4 nitrogen and oxygen atoms in total. The second-order valence-electron chi connectivity index (χ2n) is 6.49. The Morgan fingerprint density at radius 1 is 1.00 bits per heavy atom. The van der Waals surface area contributed by atoms with E-state index in [4.69, 9.17) is 19.2 Å². The lowest BCUT2D eigenvalue weighted by Gasteiger charge is -2.17. The fourth-order valence-corrected chi connectivity index (χ4v) is 2.85. The van der Waals surface area contributed by atoms with Crippen LogP contribution in [-0.2, 0) is 14.2 Å². The van der Waals surface area contributed by atoms with Gasteiger partial charge in [0, 0.05) is 25.3 Å². The van der Waals surface area contributed by atoms with Crippen LogP contribution >= 0.6 is 0 Å². The zero-order valence-corrected chi connectivity index (χ0v) is 14.6. The molecule has 1 heterocycles. The minimum atomic E-state index is -0.413. The van der Waals surface area contributed by atoms with Gasteiger partial charge < -0.3 is 14.2 Å². The number of nitrogens with zero attached hydrogens (tertiary/aromatic N) is 1. The standard InChI is InChI=1S/C20H23NO3/c1-20(2)13-24-18(21-20)17-12-15(19(22-3)23-4)10-11-16(17)14-8-6-5-7-9-14/h5-12,19H,13H2,1-4H3. The van der Waals surface area contributed by atoms with E-state index in [0.29, 0.717) is 12.5 Å². The van der Waals surface area contributed by atoms with E-state index < -0.39 is 6.29 Å². The van der Waals surface area contributed by atoms with E-state index in [9.17, 15) is 0 Å². The highest BCUT2D eigenvalue weighted by Crippen LogP contribution is 2.31. The zero-order chi connectivity index (χ0) is 17.2. The first-order valence-electron chi connectivity index (χ1n) is 8.02. The molecular weight excluding hydrogens is 302 g/mol. The number of rotatable bonds is 5. The van der Waals surface area contributed by atoms with Crippen LogP contribution in [0.2, 0.25) is 0 Å². The summed E-state index contributed by atoms with van der Waals surface area (Å²) in [5, 5.41) is 0. The molecule has 2 aromatic rings. The third-order valence-corrected chi connectivity index (χ3v) is 4.03. The second kappa shape index (κ2) is 6.75. The monoisotopic (exact) mass is 325 g/mol. The lowest BCUT2D eigenvalue weighted by molar-refractivity contribution is -0.106. The molecule has 0 saturated carbocycles. The zero-order valence-electron chi connectivity index (χ0n) is 14.6. The third-order valence-electron chi connectivity index (χ3n) is 4.03. The van der Waals surface area contributed by atoms with Crippen LogP contribution < -0.4 is 0 Å². The largest absolute Gasteiger partial charge is 0.475 e. The van der Waals surface area contributed by atoms with Crippen LogP contribution in [-0.4, -0.2) is 32.3 Å². The molecule has 3 rings (SSSR count). The fourth-order valence-electron chi connectivity index (χ4n) is 2.85. The molecule has 24 heavy (non-hydrogen) atoms. The Balaban J connectivity index is 2.13. The number of hydrogen-bond donors (Lipinski definition) is 0. The van der Waals surface area contributed by atoms with Crippen LogP contribution in [0.3, 0.4) is 0 Å². The summed E-state index contributed by atoms with van der Waals surface area (Å²) in [5.41, 5.74) is 3.90. The van der Waals surface area contributed by atoms with E-state index in [1.54, 1.807) is 14.2 Å². The van der Waals surface area contributed by atoms with Crippen LogP contribution in [0.5, 0.6) is 0 Å². The van der Waals surface area contributed by atoms with E-state index >= 15 is 0 Å². The Morgan fingerprint density at radius 2 is 1.71 bits per heavy atom. The molecule has 4 heteroatoms. The Hall–Kier alpha value is -2.17. The number of methoxy groups -OCH3 is 2. The van der Waals surface area contributed by atoms with E-state index in [1.807, 2.05) is 30.3 Å². The van der Waals surface area contributed by atoms with Crippen LogP contribution in [0.15, 0.2) is 53.5 Å². The predicted molar refractivity (Wildman–Crippen MR) is 95.2 cm³/mol. The average molecular weight is 325 g/mol.